The van der Waals surface area contributed by atoms with Gasteiger partial charge in [-0.15, -0.1) is 15.3 Å². The molecule has 1 saturated carbocycles. The Balaban J connectivity index is 1.36. The maximum Gasteiger partial charge on any atom is 0.453 e. The molecular weight excluding hydrogens is 397 g/mol. The number of carbonyl (C=O) groups excluding carboxylic acids is 1. The van der Waals surface area contributed by atoms with Gasteiger partial charge in [-0.3, -0.25) is 4.79 Å². The Morgan fingerprint density at radius 1 is 0.967 bits per heavy atom. The summed E-state index contributed by atoms with van der Waals surface area (Å²) in [5.74, 6) is -0.641. The molecule has 1 N–H and O–H groups in total. The number of carbonyl (C=O) groups is 1. The van der Waals surface area contributed by atoms with Crippen LogP contribution in [-0.4, -0.2) is 44.8 Å². The number of anilines is 1. The second kappa shape index (κ2) is 8.77. The van der Waals surface area contributed by atoms with E-state index in [0.29, 0.717) is 31.7 Å². The quantitative estimate of drug-likeness (QED) is 0.815. The molecule has 0 bridgehead atoms. The number of rotatable bonds is 3. The van der Waals surface area contributed by atoms with E-state index in [2.05, 4.69) is 20.6 Å². The fourth-order valence-electron chi connectivity index (χ4n) is 4.41. The maximum atomic E-state index is 13.1. The van der Waals surface area contributed by atoms with E-state index in [9.17, 15) is 18.0 Å². The van der Waals surface area contributed by atoms with Crippen LogP contribution in [0.1, 0.15) is 63.6 Å². The molecule has 0 atom stereocenters. The Kier molecular flexibility index (Phi) is 6.10. The van der Waals surface area contributed by atoms with Gasteiger partial charge in [-0.25, -0.2) is 0 Å². The van der Waals surface area contributed by atoms with Crippen molar-refractivity contribution in [1.82, 2.24) is 25.1 Å². The van der Waals surface area contributed by atoms with Gasteiger partial charge in [0.25, 0.3) is 5.82 Å². The summed E-state index contributed by atoms with van der Waals surface area (Å²) in [6.07, 6.45) is 4.91. The van der Waals surface area contributed by atoms with Gasteiger partial charge in [0.2, 0.25) is 5.91 Å². The predicted octanol–water partition coefficient (Wildman–Crippen LogP) is 3.59. The molecule has 1 saturated heterocycles. The highest BCUT2D eigenvalue weighted by atomic mass is 19.4. The molecule has 1 aliphatic carbocycles. The molecule has 164 valence electrons. The fourth-order valence-corrected chi connectivity index (χ4v) is 4.41. The van der Waals surface area contributed by atoms with Crippen molar-refractivity contribution in [1.29, 1.82) is 0 Å². The first-order valence-corrected chi connectivity index (χ1v) is 10.8. The van der Waals surface area contributed by atoms with Crippen LogP contribution < -0.4 is 10.2 Å². The number of hydrogen-bond acceptors (Lipinski definition) is 5. The van der Waals surface area contributed by atoms with Crippen LogP contribution >= 0.6 is 0 Å². The summed E-state index contributed by atoms with van der Waals surface area (Å²) in [6.45, 7) is 1.15. The second-order valence-electron chi connectivity index (χ2n) is 8.29. The first-order chi connectivity index (χ1) is 14.4. The summed E-state index contributed by atoms with van der Waals surface area (Å²) < 4.78 is 40.0. The Bertz CT molecular complexity index is 867. The number of halogens is 3. The van der Waals surface area contributed by atoms with Gasteiger partial charge < -0.3 is 10.2 Å². The summed E-state index contributed by atoms with van der Waals surface area (Å²) in [7, 11) is 0. The van der Waals surface area contributed by atoms with Crippen molar-refractivity contribution in [3.05, 3.63) is 18.0 Å². The minimum absolute atomic E-state index is 0.0551. The molecule has 1 aliphatic heterocycles. The van der Waals surface area contributed by atoms with Gasteiger partial charge in [-0.05, 0) is 37.8 Å². The highest BCUT2D eigenvalue weighted by Gasteiger charge is 2.38. The summed E-state index contributed by atoms with van der Waals surface area (Å²) >= 11 is 0. The van der Waals surface area contributed by atoms with E-state index in [4.69, 9.17) is 0 Å². The number of alkyl halides is 3. The number of aromatic nitrogens is 4. The van der Waals surface area contributed by atoms with E-state index in [1.54, 1.807) is 6.07 Å². The van der Waals surface area contributed by atoms with Crippen molar-refractivity contribution in [3.63, 3.8) is 0 Å². The fraction of sp³-hybridized carbons (Fsp3) is 0.700. The third kappa shape index (κ3) is 4.67. The van der Waals surface area contributed by atoms with Gasteiger partial charge in [0, 0.05) is 25.0 Å². The summed E-state index contributed by atoms with van der Waals surface area (Å²) in [5.41, 5.74) is 0.0551. The lowest BCUT2D eigenvalue weighted by Crippen LogP contribution is -2.44. The van der Waals surface area contributed by atoms with E-state index in [1.807, 2.05) is 4.90 Å². The smallest absolute Gasteiger partial charge is 0.355 e. The van der Waals surface area contributed by atoms with Crippen molar-refractivity contribution in [2.75, 3.05) is 18.0 Å². The average Bonchev–Trinajstić information content (AvgIpc) is 3.13. The molecule has 0 aromatic carbocycles. The lowest BCUT2D eigenvalue weighted by molar-refractivity contribution is -0.146. The van der Waals surface area contributed by atoms with Crippen molar-refractivity contribution in [3.8, 4) is 0 Å². The second-order valence-corrected chi connectivity index (χ2v) is 8.29. The van der Waals surface area contributed by atoms with Crippen LogP contribution in [0.5, 0.6) is 0 Å². The summed E-state index contributed by atoms with van der Waals surface area (Å²) in [6, 6.07) is 3.41. The van der Waals surface area contributed by atoms with Gasteiger partial charge in [0.1, 0.15) is 5.82 Å². The number of fused-ring (bicyclic) bond motifs is 1. The lowest BCUT2D eigenvalue weighted by Gasteiger charge is -2.33. The highest BCUT2D eigenvalue weighted by Crippen LogP contribution is 2.29. The number of nitrogens with one attached hydrogen (secondary N) is 1. The van der Waals surface area contributed by atoms with E-state index in [0.717, 1.165) is 17.4 Å². The molecule has 2 aromatic rings. The zero-order chi connectivity index (χ0) is 21.1. The van der Waals surface area contributed by atoms with Gasteiger partial charge in [-0.2, -0.15) is 17.7 Å². The van der Waals surface area contributed by atoms with Gasteiger partial charge >= 0.3 is 6.18 Å². The number of amides is 1. The van der Waals surface area contributed by atoms with Gasteiger partial charge in [0.15, 0.2) is 5.65 Å². The molecule has 2 fully saturated rings. The number of nitrogens with zero attached hydrogens (tertiary/aromatic N) is 5. The molecule has 30 heavy (non-hydrogen) atoms. The van der Waals surface area contributed by atoms with E-state index >= 15 is 0 Å². The normalized spacial score (nSPS) is 20.2. The van der Waals surface area contributed by atoms with Crippen LogP contribution in [-0.2, 0) is 11.0 Å². The van der Waals surface area contributed by atoms with Gasteiger partial charge in [-0.1, -0.05) is 32.1 Å². The topological polar surface area (TPSA) is 75.4 Å². The van der Waals surface area contributed by atoms with Crippen molar-refractivity contribution in [2.45, 2.75) is 70.0 Å². The molecule has 1 amide bonds. The highest BCUT2D eigenvalue weighted by molar-refractivity contribution is 5.79. The monoisotopic (exact) mass is 424 g/mol. The molecule has 0 unspecified atom stereocenters. The maximum absolute atomic E-state index is 13.1. The largest absolute Gasteiger partial charge is 0.453 e. The van der Waals surface area contributed by atoms with Crippen LogP contribution in [0.2, 0.25) is 0 Å². The minimum atomic E-state index is -4.62. The molecule has 7 nitrogen and oxygen atoms in total. The zero-order valence-electron chi connectivity index (χ0n) is 16.9. The zero-order valence-corrected chi connectivity index (χ0v) is 16.9. The molecule has 2 aromatic heterocycles. The number of hydrogen-bond donors (Lipinski definition) is 1. The minimum Gasteiger partial charge on any atom is -0.355 e. The average molecular weight is 424 g/mol. The summed E-state index contributed by atoms with van der Waals surface area (Å²) in [5, 5.41) is 14.1. The Labute approximate surface area is 173 Å². The van der Waals surface area contributed by atoms with E-state index in [-0.39, 0.29) is 23.5 Å². The molecule has 3 heterocycles. The van der Waals surface area contributed by atoms with E-state index < -0.39 is 12.0 Å². The van der Waals surface area contributed by atoms with Crippen molar-refractivity contribution in [2.24, 2.45) is 5.92 Å². The third-order valence-corrected chi connectivity index (χ3v) is 6.14. The standard InChI is InChI=1S/C20H27F3N6O/c21-20(22,23)19-26-25-16-8-9-17(27-29(16)19)28-12-10-14(11-13-28)18(30)24-15-6-4-2-1-3-5-7-15/h8-9,14-15H,1-7,10-13H2,(H,24,30). The van der Waals surface area contributed by atoms with Crippen molar-refractivity contribution < 1.29 is 18.0 Å². The van der Waals surface area contributed by atoms with Crippen LogP contribution in [0, 0.1) is 5.92 Å². The first-order valence-electron chi connectivity index (χ1n) is 10.8. The third-order valence-electron chi connectivity index (χ3n) is 6.14. The van der Waals surface area contributed by atoms with Crippen LogP contribution in [0.3, 0.4) is 0 Å². The molecule has 0 spiro atoms. The van der Waals surface area contributed by atoms with Crippen LogP contribution in [0.4, 0.5) is 19.0 Å². The Hall–Kier alpha value is -2.39. The summed E-state index contributed by atoms with van der Waals surface area (Å²) in [4.78, 5) is 14.6. The lowest BCUT2D eigenvalue weighted by atomic mass is 9.93. The molecule has 0 radical (unpaired) electrons. The molecule has 2 aliphatic rings. The SMILES string of the molecule is O=C(NC1CCCCCCC1)C1CCN(c2ccc3nnc(C(F)(F)F)n3n2)CC1. The van der Waals surface area contributed by atoms with E-state index in [1.165, 1.54) is 38.2 Å². The van der Waals surface area contributed by atoms with Crippen LogP contribution in [0.15, 0.2) is 12.1 Å². The van der Waals surface area contributed by atoms with Crippen molar-refractivity contribution >= 4 is 17.4 Å². The number of piperidine rings is 1. The molecule has 10 heteroatoms. The Morgan fingerprint density at radius 3 is 2.30 bits per heavy atom. The first kappa shape index (κ1) is 20.9. The van der Waals surface area contributed by atoms with Crippen LogP contribution in [0.25, 0.3) is 5.65 Å². The molecular formula is C20H27F3N6O. The Morgan fingerprint density at radius 2 is 1.63 bits per heavy atom. The van der Waals surface area contributed by atoms with Gasteiger partial charge in [0.05, 0.1) is 0 Å². The predicted molar refractivity (Wildman–Crippen MR) is 105 cm³/mol. The molecule has 4 rings (SSSR count).